The van der Waals surface area contributed by atoms with Crippen LogP contribution < -0.4 is 17.2 Å². The minimum absolute atomic E-state index is 0.125. The van der Waals surface area contributed by atoms with Crippen LogP contribution in [-0.2, 0) is 6.67 Å². The molecule has 2 rings (SSSR count). The number of fused-ring (bicyclic) bond motifs is 1. The molecule has 2 aromatic rings. The molecule has 0 saturated heterocycles. The molecule has 13 heavy (non-hydrogen) atoms. The van der Waals surface area contributed by atoms with Crippen LogP contribution in [0.25, 0.3) is 11.2 Å². The molecule has 0 unspecified atom stereocenters. The number of nitrogens with zero attached hydrogens (tertiary/aromatic N) is 4. The van der Waals surface area contributed by atoms with Gasteiger partial charge in [0, 0.05) is 0 Å². The van der Waals surface area contributed by atoms with Crippen molar-refractivity contribution in [2.75, 3.05) is 11.5 Å². The van der Waals surface area contributed by atoms with E-state index in [1.54, 1.807) is 10.9 Å². The van der Waals surface area contributed by atoms with Crippen LogP contribution in [-0.4, -0.2) is 19.5 Å². The minimum atomic E-state index is 0.125. The average molecular weight is 179 g/mol. The van der Waals surface area contributed by atoms with Crippen molar-refractivity contribution in [3.05, 3.63) is 6.33 Å². The molecule has 68 valence electrons. The number of hydrogen-bond donors (Lipinski definition) is 3. The van der Waals surface area contributed by atoms with E-state index in [9.17, 15) is 0 Å². The van der Waals surface area contributed by atoms with Crippen molar-refractivity contribution in [2.45, 2.75) is 6.67 Å². The molecular weight excluding hydrogens is 170 g/mol. The topological polar surface area (TPSA) is 122 Å². The maximum absolute atomic E-state index is 5.58. The Morgan fingerprint density at radius 2 is 2.08 bits per heavy atom. The van der Waals surface area contributed by atoms with Crippen molar-refractivity contribution in [1.82, 2.24) is 19.5 Å². The van der Waals surface area contributed by atoms with Gasteiger partial charge in [0.15, 0.2) is 11.5 Å². The monoisotopic (exact) mass is 179 g/mol. The Labute approximate surface area is 73.6 Å². The fourth-order valence-corrected chi connectivity index (χ4v) is 1.12. The highest BCUT2D eigenvalue weighted by Crippen LogP contribution is 2.15. The zero-order valence-electron chi connectivity index (χ0n) is 6.81. The average Bonchev–Trinajstić information content (AvgIpc) is 2.47. The molecule has 0 aliphatic heterocycles. The van der Waals surface area contributed by atoms with E-state index in [4.69, 9.17) is 17.2 Å². The van der Waals surface area contributed by atoms with Gasteiger partial charge >= 0.3 is 0 Å². The van der Waals surface area contributed by atoms with E-state index in [1.807, 2.05) is 0 Å². The molecule has 0 aliphatic carbocycles. The number of aromatic nitrogens is 4. The molecule has 0 radical (unpaired) electrons. The largest absolute Gasteiger partial charge is 0.382 e. The van der Waals surface area contributed by atoms with Gasteiger partial charge in [-0.1, -0.05) is 0 Å². The summed E-state index contributed by atoms with van der Waals surface area (Å²) in [5.74, 6) is 0.398. The zero-order valence-corrected chi connectivity index (χ0v) is 6.81. The lowest BCUT2D eigenvalue weighted by atomic mass is 10.5. The van der Waals surface area contributed by atoms with Gasteiger partial charge in [0.05, 0.1) is 13.0 Å². The van der Waals surface area contributed by atoms with E-state index < -0.39 is 0 Å². The van der Waals surface area contributed by atoms with Gasteiger partial charge in [0.25, 0.3) is 0 Å². The summed E-state index contributed by atoms with van der Waals surface area (Å²) in [7, 11) is 0. The van der Waals surface area contributed by atoms with Gasteiger partial charge in [-0.15, -0.1) is 0 Å². The Hall–Kier alpha value is -1.89. The second kappa shape index (κ2) is 2.56. The van der Waals surface area contributed by atoms with Gasteiger partial charge in [0.1, 0.15) is 5.52 Å². The fourth-order valence-electron chi connectivity index (χ4n) is 1.12. The van der Waals surface area contributed by atoms with Crippen LogP contribution in [0.3, 0.4) is 0 Å². The Morgan fingerprint density at radius 3 is 2.77 bits per heavy atom. The first-order chi connectivity index (χ1) is 6.22. The van der Waals surface area contributed by atoms with E-state index in [1.165, 1.54) is 0 Å². The van der Waals surface area contributed by atoms with Gasteiger partial charge in [0.2, 0.25) is 5.95 Å². The van der Waals surface area contributed by atoms with E-state index in [0.717, 1.165) is 0 Å². The van der Waals surface area contributed by atoms with Gasteiger partial charge < -0.3 is 21.8 Å². The molecule has 0 bridgehead atoms. The van der Waals surface area contributed by atoms with Crippen LogP contribution in [0.15, 0.2) is 6.33 Å². The van der Waals surface area contributed by atoms with Crippen LogP contribution in [0, 0.1) is 0 Å². The molecule has 0 fully saturated rings. The number of nitrogens with two attached hydrogens (primary N) is 3. The van der Waals surface area contributed by atoms with Crippen molar-refractivity contribution in [1.29, 1.82) is 0 Å². The van der Waals surface area contributed by atoms with Gasteiger partial charge in [-0.25, -0.2) is 4.98 Å². The van der Waals surface area contributed by atoms with Crippen molar-refractivity contribution in [2.24, 2.45) is 5.73 Å². The SMILES string of the molecule is NCn1cnc2c(N)nc(N)nc21. The number of rotatable bonds is 1. The normalized spacial score (nSPS) is 10.8. The molecule has 7 heteroatoms. The highest BCUT2D eigenvalue weighted by atomic mass is 15.2. The Morgan fingerprint density at radius 1 is 1.31 bits per heavy atom. The first-order valence-corrected chi connectivity index (χ1v) is 3.66. The molecular formula is C6H9N7. The molecule has 0 amide bonds. The number of hydrogen-bond acceptors (Lipinski definition) is 6. The first kappa shape index (κ1) is 7.74. The van der Waals surface area contributed by atoms with Gasteiger partial charge in [-0.2, -0.15) is 9.97 Å². The Balaban J connectivity index is 2.82. The lowest BCUT2D eigenvalue weighted by Gasteiger charge is -1.99. The van der Waals surface area contributed by atoms with E-state index >= 15 is 0 Å². The smallest absolute Gasteiger partial charge is 0.224 e. The van der Waals surface area contributed by atoms with Crippen LogP contribution in [0.2, 0.25) is 0 Å². The summed E-state index contributed by atoms with van der Waals surface area (Å²) in [5.41, 5.74) is 17.5. The Kier molecular flexibility index (Phi) is 1.52. The summed E-state index contributed by atoms with van der Waals surface area (Å²) in [6.45, 7) is 0.284. The molecule has 0 atom stereocenters. The third kappa shape index (κ3) is 1.05. The number of anilines is 2. The van der Waals surface area contributed by atoms with Crippen LogP contribution in [0.4, 0.5) is 11.8 Å². The Bertz CT molecular complexity index is 445. The van der Waals surface area contributed by atoms with Crippen LogP contribution >= 0.6 is 0 Å². The van der Waals surface area contributed by atoms with Crippen molar-refractivity contribution in [3.8, 4) is 0 Å². The van der Waals surface area contributed by atoms with Crippen molar-refractivity contribution in [3.63, 3.8) is 0 Å². The van der Waals surface area contributed by atoms with Crippen LogP contribution in [0.5, 0.6) is 0 Å². The quantitative estimate of drug-likeness (QED) is 0.511. The lowest BCUT2D eigenvalue weighted by molar-refractivity contribution is 0.747. The van der Waals surface area contributed by atoms with Crippen molar-refractivity contribution < 1.29 is 0 Å². The van der Waals surface area contributed by atoms with E-state index in [-0.39, 0.29) is 18.4 Å². The highest BCUT2D eigenvalue weighted by molar-refractivity contribution is 5.82. The predicted molar refractivity (Wildman–Crippen MR) is 48.3 cm³/mol. The molecule has 7 nitrogen and oxygen atoms in total. The zero-order chi connectivity index (χ0) is 9.42. The summed E-state index contributed by atoms with van der Waals surface area (Å²) >= 11 is 0. The van der Waals surface area contributed by atoms with Gasteiger partial charge in [-0.3, -0.25) is 0 Å². The van der Waals surface area contributed by atoms with Crippen LogP contribution in [0.1, 0.15) is 0 Å². The molecule has 0 aliphatic rings. The lowest BCUT2D eigenvalue weighted by Crippen LogP contribution is -2.08. The minimum Gasteiger partial charge on any atom is -0.382 e. The third-order valence-corrected chi connectivity index (χ3v) is 1.70. The standard InChI is InChI=1S/C6H9N7/c7-1-13-2-10-3-4(8)11-6(9)12-5(3)13/h2H,1,7H2,(H4,8,9,11,12). The molecule has 2 heterocycles. The predicted octanol–water partition coefficient (Wildman–Crippen LogP) is -1.09. The number of imidazole rings is 1. The third-order valence-electron chi connectivity index (χ3n) is 1.70. The summed E-state index contributed by atoms with van der Waals surface area (Å²) in [5, 5.41) is 0. The maximum Gasteiger partial charge on any atom is 0.224 e. The molecule has 6 N–H and O–H groups in total. The summed E-state index contributed by atoms with van der Waals surface area (Å²) in [6, 6.07) is 0. The maximum atomic E-state index is 5.58. The van der Waals surface area contributed by atoms with E-state index in [2.05, 4.69) is 15.0 Å². The van der Waals surface area contributed by atoms with Gasteiger partial charge in [-0.05, 0) is 0 Å². The molecule has 0 aromatic carbocycles. The second-order valence-electron chi connectivity index (χ2n) is 2.54. The summed E-state index contributed by atoms with van der Waals surface area (Å²) < 4.78 is 1.64. The fraction of sp³-hybridized carbons (Fsp3) is 0.167. The first-order valence-electron chi connectivity index (χ1n) is 3.66. The number of nitrogen functional groups attached to an aromatic ring is 2. The molecule has 0 spiro atoms. The molecule has 2 aromatic heterocycles. The van der Waals surface area contributed by atoms with E-state index in [0.29, 0.717) is 11.2 Å². The highest BCUT2D eigenvalue weighted by Gasteiger charge is 2.08. The summed E-state index contributed by atoms with van der Waals surface area (Å²) in [6.07, 6.45) is 1.55. The molecule has 0 saturated carbocycles. The second-order valence-corrected chi connectivity index (χ2v) is 2.54. The summed E-state index contributed by atoms with van der Waals surface area (Å²) in [4.78, 5) is 11.8. The van der Waals surface area contributed by atoms with Crippen molar-refractivity contribution >= 4 is 22.9 Å².